The first-order chi connectivity index (χ1) is 11.6. The van der Waals surface area contributed by atoms with Gasteiger partial charge in [0.1, 0.15) is 5.56 Å². The summed E-state index contributed by atoms with van der Waals surface area (Å²) in [5.41, 5.74) is 5.93. The highest BCUT2D eigenvalue weighted by Crippen LogP contribution is 2.38. The third-order valence-corrected chi connectivity index (χ3v) is 4.73. The Morgan fingerprint density at radius 3 is 2.75 bits per heavy atom. The molecule has 0 saturated carbocycles. The van der Waals surface area contributed by atoms with Crippen LogP contribution in [-0.4, -0.2) is 24.6 Å². The molecule has 0 atom stereocenters. The molecule has 0 aromatic carbocycles. The van der Waals surface area contributed by atoms with Gasteiger partial charge < -0.3 is 15.0 Å². The van der Waals surface area contributed by atoms with Gasteiger partial charge in [-0.25, -0.2) is 4.79 Å². The molecule has 1 aliphatic heterocycles. The maximum absolute atomic E-state index is 12.3. The zero-order chi connectivity index (χ0) is 17.3. The number of aryl methyl sites for hydroxylation is 1. The van der Waals surface area contributed by atoms with Gasteiger partial charge in [0.05, 0.1) is 12.8 Å². The van der Waals surface area contributed by atoms with Gasteiger partial charge in [0.25, 0.3) is 5.56 Å². The Kier molecular flexibility index (Phi) is 4.42. The van der Waals surface area contributed by atoms with Crippen molar-refractivity contribution in [1.29, 1.82) is 0 Å². The topological polar surface area (TPSA) is 71.2 Å². The molecule has 0 unspecified atom stereocenters. The van der Waals surface area contributed by atoms with Crippen LogP contribution in [0.4, 0.5) is 0 Å². The Morgan fingerprint density at radius 2 is 2.08 bits per heavy atom. The lowest BCUT2D eigenvalue weighted by molar-refractivity contribution is 0.0598. The van der Waals surface area contributed by atoms with Gasteiger partial charge in [-0.05, 0) is 61.0 Å². The molecule has 1 aromatic rings. The molecule has 1 fully saturated rings. The summed E-state index contributed by atoms with van der Waals surface area (Å²) >= 11 is 0. The van der Waals surface area contributed by atoms with Crippen molar-refractivity contribution in [1.82, 2.24) is 10.3 Å². The van der Waals surface area contributed by atoms with E-state index in [0.29, 0.717) is 0 Å². The number of fused-ring (bicyclic) bond motifs is 1. The van der Waals surface area contributed by atoms with Gasteiger partial charge >= 0.3 is 5.97 Å². The van der Waals surface area contributed by atoms with Crippen LogP contribution in [0.15, 0.2) is 40.4 Å². The Hall–Kier alpha value is -2.56. The number of nitrogens with one attached hydrogen (secondary N) is 2. The van der Waals surface area contributed by atoms with E-state index in [1.807, 2.05) is 13.0 Å². The minimum atomic E-state index is -0.602. The van der Waals surface area contributed by atoms with Crippen LogP contribution in [0, 0.1) is 0 Å². The number of esters is 1. The van der Waals surface area contributed by atoms with Crippen LogP contribution in [0.1, 0.15) is 47.8 Å². The van der Waals surface area contributed by atoms with Crippen LogP contribution in [0.3, 0.4) is 0 Å². The normalized spacial score (nSPS) is 22.1. The monoisotopic (exact) mass is 326 g/mol. The van der Waals surface area contributed by atoms with Gasteiger partial charge in [0, 0.05) is 12.2 Å². The number of rotatable bonds is 1. The lowest BCUT2D eigenvalue weighted by Gasteiger charge is -2.28. The maximum atomic E-state index is 12.3. The molecule has 0 radical (unpaired) electrons. The quantitative estimate of drug-likeness (QED) is 0.779. The largest absolute Gasteiger partial charge is 0.465 e. The summed E-state index contributed by atoms with van der Waals surface area (Å²) < 4.78 is 4.69. The number of methoxy groups -OCH3 is 1. The fraction of sp³-hybridized carbons (Fsp3) is 0.368. The molecule has 1 aliphatic carbocycles. The van der Waals surface area contributed by atoms with Crippen molar-refractivity contribution in [2.75, 3.05) is 13.7 Å². The van der Waals surface area contributed by atoms with Gasteiger partial charge in [-0.2, -0.15) is 0 Å². The Bertz CT molecular complexity index is 828. The summed E-state index contributed by atoms with van der Waals surface area (Å²) in [6.45, 7) is 7.06. The Morgan fingerprint density at radius 1 is 1.29 bits per heavy atom. The predicted molar refractivity (Wildman–Crippen MR) is 93.8 cm³/mol. The van der Waals surface area contributed by atoms with Gasteiger partial charge in [-0.15, -0.1) is 0 Å². The van der Waals surface area contributed by atoms with Crippen LogP contribution < -0.4 is 10.9 Å². The highest BCUT2D eigenvalue weighted by molar-refractivity contribution is 5.90. The summed E-state index contributed by atoms with van der Waals surface area (Å²) in [5, 5.41) is 3.33. The van der Waals surface area contributed by atoms with Crippen molar-refractivity contribution in [2.45, 2.75) is 32.6 Å². The predicted octanol–water partition coefficient (Wildman–Crippen LogP) is 2.70. The van der Waals surface area contributed by atoms with Crippen LogP contribution in [-0.2, 0) is 11.2 Å². The molecule has 2 heterocycles. The fourth-order valence-electron chi connectivity index (χ4n) is 3.54. The first-order valence-corrected chi connectivity index (χ1v) is 8.23. The summed E-state index contributed by atoms with van der Waals surface area (Å²) in [5.74, 6) is -0.602. The van der Waals surface area contributed by atoms with E-state index in [2.05, 4.69) is 21.6 Å². The molecule has 5 heteroatoms. The molecule has 5 nitrogen and oxygen atoms in total. The summed E-state index contributed by atoms with van der Waals surface area (Å²) in [4.78, 5) is 26.9. The summed E-state index contributed by atoms with van der Waals surface area (Å²) in [6.07, 6.45) is 5.75. The SMILES string of the molecule is C=C1NCCC/C1=C1\CCc2cc(C(=O)OC)c(=O)[nH]c2\C1=C\C. The Labute approximate surface area is 141 Å². The average molecular weight is 326 g/mol. The Balaban J connectivity index is 2.12. The molecule has 0 spiro atoms. The molecular weight excluding hydrogens is 304 g/mol. The van der Waals surface area contributed by atoms with Crippen LogP contribution in [0.2, 0.25) is 0 Å². The number of allylic oxidation sites excluding steroid dienone is 4. The second-order valence-electron chi connectivity index (χ2n) is 6.07. The van der Waals surface area contributed by atoms with Gasteiger partial charge in [0.15, 0.2) is 0 Å². The highest BCUT2D eigenvalue weighted by atomic mass is 16.5. The van der Waals surface area contributed by atoms with Gasteiger partial charge in [-0.3, -0.25) is 4.79 Å². The molecule has 24 heavy (non-hydrogen) atoms. The number of aromatic amines is 1. The summed E-state index contributed by atoms with van der Waals surface area (Å²) in [7, 11) is 1.28. The van der Waals surface area contributed by atoms with Crippen LogP contribution in [0.25, 0.3) is 5.57 Å². The molecule has 2 aliphatic rings. The fourth-order valence-corrected chi connectivity index (χ4v) is 3.54. The number of hydrogen-bond donors (Lipinski definition) is 2. The number of ether oxygens (including phenoxy) is 1. The van der Waals surface area contributed by atoms with Crippen molar-refractivity contribution in [3.05, 3.63) is 62.7 Å². The standard InChI is InChI=1S/C19H22N2O3/c1-4-13-15(14-6-5-9-20-11(14)2)8-7-12-10-16(19(23)24-3)18(22)21-17(12)13/h4,10,20H,2,5-9H2,1,3H3,(H,21,22)/b13-4+,15-14-. The molecule has 0 bridgehead atoms. The first kappa shape index (κ1) is 16.3. The number of H-pyrrole nitrogens is 1. The highest BCUT2D eigenvalue weighted by Gasteiger charge is 2.26. The van der Waals surface area contributed by atoms with E-state index in [4.69, 9.17) is 0 Å². The molecule has 1 saturated heterocycles. The second-order valence-corrected chi connectivity index (χ2v) is 6.07. The van der Waals surface area contributed by atoms with E-state index in [1.54, 1.807) is 6.07 Å². The number of carbonyl (C=O) groups is 1. The van der Waals surface area contributed by atoms with E-state index in [1.165, 1.54) is 18.3 Å². The zero-order valence-electron chi connectivity index (χ0n) is 14.1. The van der Waals surface area contributed by atoms with Gasteiger partial charge in [0.2, 0.25) is 0 Å². The lowest BCUT2D eigenvalue weighted by Crippen LogP contribution is -2.25. The number of carbonyl (C=O) groups excluding carboxylic acids is 1. The van der Waals surface area contributed by atoms with Crippen LogP contribution >= 0.6 is 0 Å². The zero-order valence-corrected chi connectivity index (χ0v) is 14.1. The number of hydrogen-bond acceptors (Lipinski definition) is 4. The minimum absolute atomic E-state index is 0.0616. The third kappa shape index (κ3) is 2.70. The molecule has 3 rings (SSSR count). The van der Waals surface area contributed by atoms with Crippen molar-refractivity contribution < 1.29 is 9.53 Å². The van der Waals surface area contributed by atoms with E-state index < -0.39 is 11.5 Å². The average Bonchev–Trinajstić information content (AvgIpc) is 2.60. The second kappa shape index (κ2) is 6.51. The molecular formula is C19H22N2O3. The van der Waals surface area contributed by atoms with E-state index >= 15 is 0 Å². The number of aromatic nitrogens is 1. The molecule has 0 amide bonds. The van der Waals surface area contributed by atoms with Crippen molar-refractivity contribution in [2.24, 2.45) is 0 Å². The number of pyridine rings is 1. The smallest absolute Gasteiger partial charge is 0.343 e. The minimum Gasteiger partial charge on any atom is -0.465 e. The first-order valence-electron chi connectivity index (χ1n) is 8.23. The van der Waals surface area contributed by atoms with Crippen molar-refractivity contribution in [3.63, 3.8) is 0 Å². The van der Waals surface area contributed by atoms with E-state index in [-0.39, 0.29) is 5.56 Å². The summed E-state index contributed by atoms with van der Waals surface area (Å²) in [6, 6.07) is 1.67. The van der Waals surface area contributed by atoms with E-state index in [9.17, 15) is 9.59 Å². The van der Waals surface area contributed by atoms with Gasteiger partial charge in [-0.1, -0.05) is 12.7 Å². The van der Waals surface area contributed by atoms with Crippen molar-refractivity contribution >= 4 is 11.5 Å². The van der Waals surface area contributed by atoms with Crippen molar-refractivity contribution in [3.8, 4) is 0 Å². The van der Waals surface area contributed by atoms with E-state index in [0.717, 1.165) is 54.8 Å². The molecule has 126 valence electrons. The maximum Gasteiger partial charge on any atom is 0.343 e. The van der Waals surface area contributed by atoms with Crippen LogP contribution in [0.5, 0.6) is 0 Å². The molecule has 1 aromatic heterocycles. The molecule has 2 N–H and O–H groups in total. The lowest BCUT2D eigenvalue weighted by atomic mass is 9.81. The third-order valence-electron chi connectivity index (χ3n) is 4.73. The number of piperidine rings is 1.